The fraction of sp³-hybridized carbons (Fsp3) is 0.733. The zero-order valence-electron chi connectivity index (χ0n) is 13.4. The van der Waals surface area contributed by atoms with Gasteiger partial charge in [0.15, 0.2) is 0 Å². The van der Waals surface area contributed by atoms with Crippen LogP contribution < -0.4 is 10.6 Å². The zero-order chi connectivity index (χ0) is 15.0. The fourth-order valence-electron chi connectivity index (χ4n) is 2.04. The Bertz CT molecular complexity index is 395. The van der Waals surface area contributed by atoms with Gasteiger partial charge in [0, 0.05) is 18.2 Å². The summed E-state index contributed by atoms with van der Waals surface area (Å²) in [7, 11) is 0. The summed E-state index contributed by atoms with van der Waals surface area (Å²) in [6, 6.07) is 0.425. The van der Waals surface area contributed by atoms with Crippen molar-refractivity contribution in [3.05, 3.63) is 11.9 Å². The highest BCUT2D eigenvalue weighted by molar-refractivity contribution is 7.98. The van der Waals surface area contributed by atoms with Gasteiger partial charge in [-0.3, -0.25) is 0 Å². The Morgan fingerprint density at radius 1 is 1.20 bits per heavy atom. The van der Waals surface area contributed by atoms with E-state index < -0.39 is 0 Å². The predicted molar refractivity (Wildman–Crippen MR) is 91.0 cm³/mol. The Hall–Kier alpha value is -0.970. The van der Waals surface area contributed by atoms with Gasteiger partial charge in [-0.2, -0.15) is 11.8 Å². The maximum Gasteiger partial charge on any atom is 0.135 e. The van der Waals surface area contributed by atoms with Crippen LogP contribution in [-0.4, -0.2) is 34.6 Å². The summed E-state index contributed by atoms with van der Waals surface area (Å²) in [6.07, 6.45) is 6.02. The lowest BCUT2D eigenvalue weighted by Gasteiger charge is -2.20. The minimum atomic E-state index is 0.394. The van der Waals surface area contributed by atoms with Crippen molar-refractivity contribution in [1.82, 2.24) is 9.97 Å². The van der Waals surface area contributed by atoms with Gasteiger partial charge in [0.05, 0.1) is 0 Å². The Balaban J connectivity index is 2.88. The van der Waals surface area contributed by atoms with Gasteiger partial charge in [0.25, 0.3) is 0 Å². The normalized spacial score (nSPS) is 12.5. The first kappa shape index (κ1) is 17.1. The fourth-order valence-corrected chi connectivity index (χ4v) is 2.63. The average Bonchev–Trinajstić information content (AvgIpc) is 2.42. The number of rotatable bonds is 9. The van der Waals surface area contributed by atoms with E-state index in [1.54, 1.807) is 6.33 Å². The number of anilines is 2. The second kappa shape index (κ2) is 9.06. The number of nitrogens with zero attached hydrogens (tertiary/aromatic N) is 2. The molecule has 4 nitrogen and oxygen atoms in total. The van der Waals surface area contributed by atoms with Gasteiger partial charge in [-0.05, 0) is 37.7 Å². The molecule has 0 saturated heterocycles. The van der Waals surface area contributed by atoms with E-state index in [0.29, 0.717) is 12.0 Å². The van der Waals surface area contributed by atoms with Crippen molar-refractivity contribution in [3.8, 4) is 0 Å². The smallest absolute Gasteiger partial charge is 0.135 e. The van der Waals surface area contributed by atoms with Gasteiger partial charge in [-0.25, -0.2) is 9.97 Å². The molecule has 0 aliphatic rings. The molecule has 1 atom stereocenters. The third-order valence-corrected chi connectivity index (χ3v) is 3.79. The van der Waals surface area contributed by atoms with Gasteiger partial charge in [-0.1, -0.05) is 20.8 Å². The van der Waals surface area contributed by atoms with Crippen molar-refractivity contribution in [3.63, 3.8) is 0 Å². The summed E-state index contributed by atoms with van der Waals surface area (Å²) in [6.45, 7) is 9.69. The van der Waals surface area contributed by atoms with Crippen LogP contribution in [0.15, 0.2) is 6.33 Å². The van der Waals surface area contributed by atoms with Gasteiger partial charge >= 0.3 is 0 Å². The van der Waals surface area contributed by atoms with Gasteiger partial charge in [-0.15, -0.1) is 0 Å². The summed E-state index contributed by atoms with van der Waals surface area (Å²) in [5, 5.41) is 6.94. The minimum Gasteiger partial charge on any atom is -0.370 e. The molecular weight excluding hydrogens is 268 g/mol. The molecule has 0 spiro atoms. The minimum absolute atomic E-state index is 0.394. The van der Waals surface area contributed by atoms with E-state index in [4.69, 9.17) is 0 Å². The van der Waals surface area contributed by atoms with Crippen LogP contribution in [0.2, 0.25) is 0 Å². The highest BCUT2D eigenvalue weighted by Gasteiger charge is 2.16. The van der Waals surface area contributed by atoms with Gasteiger partial charge in [0.1, 0.15) is 18.0 Å². The molecule has 0 aromatic carbocycles. The maximum atomic E-state index is 4.45. The molecule has 1 heterocycles. The molecule has 0 aliphatic carbocycles. The highest BCUT2D eigenvalue weighted by atomic mass is 32.2. The van der Waals surface area contributed by atoms with E-state index in [0.717, 1.165) is 36.8 Å². The molecule has 1 rings (SSSR count). The van der Waals surface area contributed by atoms with Gasteiger partial charge < -0.3 is 10.6 Å². The molecule has 0 bridgehead atoms. The monoisotopic (exact) mass is 296 g/mol. The lowest BCUT2D eigenvalue weighted by Crippen LogP contribution is -2.19. The van der Waals surface area contributed by atoms with Crippen LogP contribution in [0.1, 0.15) is 52.0 Å². The van der Waals surface area contributed by atoms with Crippen LogP contribution in [0.3, 0.4) is 0 Å². The van der Waals surface area contributed by atoms with Crippen molar-refractivity contribution in [2.75, 3.05) is 29.2 Å². The molecule has 0 saturated carbocycles. The quantitative estimate of drug-likeness (QED) is 0.722. The van der Waals surface area contributed by atoms with Crippen molar-refractivity contribution >= 4 is 23.4 Å². The first-order valence-corrected chi connectivity index (χ1v) is 8.83. The zero-order valence-corrected chi connectivity index (χ0v) is 14.2. The van der Waals surface area contributed by atoms with Crippen LogP contribution in [0.4, 0.5) is 11.6 Å². The first-order valence-electron chi connectivity index (χ1n) is 7.44. The number of hydrogen-bond donors (Lipinski definition) is 2. The Labute approximate surface area is 127 Å². The molecule has 0 radical (unpaired) electrons. The maximum absolute atomic E-state index is 4.45. The van der Waals surface area contributed by atoms with E-state index in [1.807, 2.05) is 11.8 Å². The molecule has 0 aliphatic heterocycles. The SMILES string of the molecule is CCCNc1ncnc(NC(C)CCSC)c1C(C)C. The van der Waals surface area contributed by atoms with Crippen molar-refractivity contribution in [2.24, 2.45) is 0 Å². The topological polar surface area (TPSA) is 49.8 Å². The lowest BCUT2D eigenvalue weighted by atomic mass is 10.0. The van der Waals surface area contributed by atoms with Crippen molar-refractivity contribution < 1.29 is 0 Å². The first-order chi connectivity index (χ1) is 9.60. The summed E-state index contributed by atoms with van der Waals surface area (Å²) in [4.78, 5) is 8.85. The number of aromatic nitrogens is 2. The highest BCUT2D eigenvalue weighted by Crippen LogP contribution is 2.29. The van der Waals surface area contributed by atoms with Crippen molar-refractivity contribution in [2.45, 2.75) is 52.5 Å². The van der Waals surface area contributed by atoms with Crippen LogP contribution in [0.5, 0.6) is 0 Å². The molecule has 0 fully saturated rings. The molecule has 114 valence electrons. The van der Waals surface area contributed by atoms with E-state index in [-0.39, 0.29) is 0 Å². The lowest BCUT2D eigenvalue weighted by molar-refractivity contribution is 0.754. The third-order valence-electron chi connectivity index (χ3n) is 3.14. The van der Waals surface area contributed by atoms with Crippen LogP contribution in [0.25, 0.3) is 0 Å². The van der Waals surface area contributed by atoms with Gasteiger partial charge in [0.2, 0.25) is 0 Å². The predicted octanol–water partition coefficient (Wildman–Crippen LogP) is 3.98. The number of nitrogens with one attached hydrogen (secondary N) is 2. The molecule has 0 amide bonds. The average molecular weight is 296 g/mol. The second-order valence-electron chi connectivity index (χ2n) is 5.39. The molecule has 1 aromatic heterocycles. The molecular formula is C15H28N4S. The Kier molecular flexibility index (Phi) is 7.73. The number of hydrogen-bond acceptors (Lipinski definition) is 5. The number of thioether (sulfide) groups is 1. The van der Waals surface area contributed by atoms with Crippen LogP contribution in [0, 0.1) is 0 Å². The summed E-state index contributed by atoms with van der Waals surface area (Å²) < 4.78 is 0. The Morgan fingerprint density at radius 3 is 2.50 bits per heavy atom. The van der Waals surface area contributed by atoms with E-state index in [1.165, 1.54) is 5.56 Å². The van der Waals surface area contributed by atoms with E-state index in [9.17, 15) is 0 Å². The summed E-state index contributed by atoms with van der Waals surface area (Å²) in [5.74, 6) is 3.50. The molecule has 1 aromatic rings. The standard InChI is InChI=1S/C15H28N4S/c1-6-8-16-14-13(11(2)3)15(18-10-17-14)19-12(4)7-9-20-5/h10-12H,6-9H2,1-5H3,(H2,16,17,18,19). The summed E-state index contributed by atoms with van der Waals surface area (Å²) >= 11 is 1.88. The van der Waals surface area contributed by atoms with Crippen LogP contribution >= 0.6 is 11.8 Å². The van der Waals surface area contributed by atoms with E-state index in [2.05, 4.69) is 54.6 Å². The second-order valence-corrected chi connectivity index (χ2v) is 6.38. The van der Waals surface area contributed by atoms with Crippen LogP contribution in [-0.2, 0) is 0 Å². The Morgan fingerprint density at radius 2 is 1.90 bits per heavy atom. The molecule has 1 unspecified atom stereocenters. The van der Waals surface area contributed by atoms with E-state index >= 15 is 0 Å². The third kappa shape index (κ3) is 5.19. The molecule has 20 heavy (non-hydrogen) atoms. The summed E-state index contributed by atoms with van der Waals surface area (Å²) in [5.41, 5.74) is 1.19. The largest absolute Gasteiger partial charge is 0.370 e. The molecule has 2 N–H and O–H groups in total. The van der Waals surface area contributed by atoms with Crippen molar-refractivity contribution in [1.29, 1.82) is 0 Å². The molecule has 5 heteroatoms.